The van der Waals surface area contributed by atoms with Crippen molar-refractivity contribution in [2.24, 2.45) is 0 Å². The lowest BCUT2D eigenvalue weighted by molar-refractivity contribution is 0.630. The van der Waals surface area contributed by atoms with Gasteiger partial charge in [0.2, 0.25) is 0 Å². The predicted molar refractivity (Wildman–Crippen MR) is 86.1 cm³/mol. The van der Waals surface area contributed by atoms with Crippen LogP contribution in [-0.4, -0.2) is 9.55 Å². The van der Waals surface area contributed by atoms with E-state index in [1.165, 1.54) is 12.1 Å². The lowest BCUT2D eigenvalue weighted by Gasteiger charge is -2.06. The third kappa shape index (κ3) is 2.29. The van der Waals surface area contributed by atoms with Gasteiger partial charge in [0.1, 0.15) is 5.82 Å². The Bertz CT molecular complexity index is 888. The molecule has 3 aromatic rings. The molecule has 0 aliphatic rings. The zero-order chi connectivity index (χ0) is 14.4. The third-order valence-corrected chi connectivity index (χ3v) is 4.69. The zero-order valence-corrected chi connectivity index (χ0v) is 13.7. The third-order valence-electron chi connectivity index (χ3n) is 2.89. The van der Waals surface area contributed by atoms with Crippen molar-refractivity contribution in [2.75, 3.05) is 0 Å². The number of halogens is 4. The molecule has 0 bridgehead atoms. The predicted octanol–water partition coefficient (Wildman–Crippen LogP) is 5.90. The fourth-order valence-corrected chi connectivity index (χ4v) is 2.88. The van der Waals surface area contributed by atoms with Gasteiger partial charge >= 0.3 is 0 Å². The highest BCUT2D eigenvalue weighted by atomic mass is 79.9. The number of nitrogens with zero attached hydrogens (tertiary/aromatic N) is 1. The number of fused-ring (bicyclic) bond motifs is 1. The second kappa shape index (κ2) is 5.15. The van der Waals surface area contributed by atoms with Crippen molar-refractivity contribution in [1.82, 2.24) is 9.55 Å². The second-order valence-electron chi connectivity index (χ2n) is 4.15. The molecule has 3 rings (SSSR count). The van der Waals surface area contributed by atoms with E-state index in [4.69, 9.17) is 35.4 Å². The average molecular weight is 392 g/mol. The minimum absolute atomic E-state index is 0.0449. The van der Waals surface area contributed by atoms with E-state index < -0.39 is 5.82 Å². The molecule has 102 valence electrons. The molecule has 0 saturated carbocycles. The van der Waals surface area contributed by atoms with E-state index in [9.17, 15) is 4.39 Å². The highest BCUT2D eigenvalue weighted by molar-refractivity contribution is 9.10. The summed E-state index contributed by atoms with van der Waals surface area (Å²) < 4.78 is 16.5. The summed E-state index contributed by atoms with van der Waals surface area (Å²) in [5.41, 5.74) is 2.05. The van der Waals surface area contributed by atoms with E-state index in [2.05, 4.69) is 20.9 Å². The van der Waals surface area contributed by atoms with Crippen molar-refractivity contribution in [3.05, 3.63) is 55.4 Å². The number of H-pyrrole nitrogens is 1. The van der Waals surface area contributed by atoms with Crippen LogP contribution < -0.4 is 0 Å². The van der Waals surface area contributed by atoms with Gasteiger partial charge in [-0.3, -0.25) is 4.57 Å². The monoisotopic (exact) mass is 390 g/mol. The lowest BCUT2D eigenvalue weighted by atomic mass is 10.2. The molecule has 2 aromatic carbocycles. The molecule has 0 fully saturated rings. The molecule has 0 unspecified atom stereocenters. The minimum atomic E-state index is -0.489. The Morgan fingerprint density at radius 3 is 2.60 bits per heavy atom. The van der Waals surface area contributed by atoms with Gasteiger partial charge in [0.15, 0.2) is 4.77 Å². The second-order valence-corrected chi connectivity index (χ2v) is 6.20. The topological polar surface area (TPSA) is 20.7 Å². The highest BCUT2D eigenvalue weighted by Crippen LogP contribution is 2.29. The number of nitrogens with one attached hydrogen (secondary N) is 1. The lowest BCUT2D eigenvalue weighted by Crippen LogP contribution is -1.94. The number of benzene rings is 2. The van der Waals surface area contributed by atoms with Crippen LogP contribution in [0.1, 0.15) is 0 Å². The van der Waals surface area contributed by atoms with Crippen LogP contribution in [0.25, 0.3) is 16.7 Å². The summed E-state index contributed by atoms with van der Waals surface area (Å²) in [4.78, 5) is 2.95. The number of aromatic amines is 1. The average Bonchev–Trinajstić information content (AvgIpc) is 2.69. The number of hydrogen-bond donors (Lipinski definition) is 1. The van der Waals surface area contributed by atoms with Gasteiger partial charge in [-0.1, -0.05) is 23.2 Å². The van der Waals surface area contributed by atoms with Crippen molar-refractivity contribution >= 4 is 62.4 Å². The summed E-state index contributed by atoms with van der Waals surface area (Å²) in [6.45, 7) is 0. The van der Waals surface area contributed by atoms with Gasteiger partial charge in [0.25, 0.3) is 0 Å². The van der Waals surface area contributed by atoms with Crippen molar-refractivity contribution in [1.29, 1.82) is 0 Å². The summed E-state index contributed by atoms with van der Waals surface area (Å²) in [6.07, 6.45) is 0. The van der Waals surface area contributed by atoms with Crippen molar-refractivity contribution in [2.45, 2.75) is 0 Å². The van der Waals surface area contributed by atoms with E-state index in [0.717, 1.165) is 10.2 Å². The number of imidazole rings is 1. The SMILES string of the molecule is Fc1cc2[nH]c(=S)n(-c3ccc(Br)c(Cl)c3)c2cc1Cl. The van der Waals surface area contributed by atoms with Gasteiger partial charge < -0.3 is 4.98 Å². The fraction of sp³-hybridized carbons (Fsp3) is 0. The first kappa shape index (κ1) is 14.1. The van der Waals surface area contributed by atoms with Crippen LogP contribution in [-0.2, 0) is 0 Å². The maximum Gasteiger partial charge on any atom is 0.182 e. The van der Waals surface area contributed by atoms with Crippen molar-refractivity contribution in [3.8, 4) is 5.69 Å². The van der Waals surface area contributed by atoms with Crippen LogP contribution in [0.3, 0.4) is 0 Å². The van der Waals surface area contributed by atoms with Crippen LogP contribution in [0.2, 0.25) is 10.0 Å². The molecule has 0 saturated heterocycles. The summed E-state index contributed by atoms with van der Waals surface area (Å²) in [7, 11) is 0. The maximum atomic E-state index is 13.5. The molecule has 0 radical (unpaired) electrons. The van der Waals surface area contributed by atoms with Crippen LogP contribution >= 0.6 is 51.3 Å². The summed E-state index contributed by atoms with van der Waals surface area (Å²) in [6, 6.07) is 8.31. The maximum absolute atomic E-state index is 13.5. The number of hydrogen-bond acceptors (Lipinski definition) is 1. The summed E-state index contributed by atoms with van der Waals surface area (Å²) >= 11 is 20.6. The Balaban J connectivity index is 2.35. The minimum Gasteiger partial charge on any atom is -0.330 e. The van der Waals surface area contributed by atoms with Gasteiger partial charge in [-0.2, -0.15) is 0 Å². The molecule has 1 aromatic heterocycles. The van der Waals surface area contributed by atoms with Gasteiger partial charge in [0, 0.05) is 16.2 Å². The Labute approximate surface area is 137 Å². The smallest absolute Gasteiger partial charge is 0.182 e. The molecular formula is C13H6BrCl2FN2S. The summed E-state index contributed by atoms with van der Waals surface area (Å²) in [5, 5.41) is 0.607. The normalized spacial score (nSPS) is 11.2. The molecule has 1 heterocycles. The van der Waals surface area contributed by atoms with Gasteiger partial charge in [-0.05, 0) is 52.4 Å². The highest BCUT2D eigenvalue weighted by Gasteiger charge is 2.11. The van der Waals surface area contributed by atoms with E-state index in [1.54, 1.807) is 10.6 Å². The quantitative estimate of drug-likeness (QED) is 0.512. The first-order valence-corrected chi connectivity index (χ1v) is 7.48. The van der Waals surface area contributed by atoms with Gasteiger partial charge in [-0.15, -0.1) is 0 Å². The Kier molecular flexibility index (Phi) is 3.62. The Morgan fingerprint density at radius 2 is 1.90 bits per heavy atom. The largest absolute Gasteiger partial charge is 0.330 e. The van der Waals surface area contributed by atoms with E-state index in [1.807, 2.05) is 12.1 Å². The van der Waals surface area contributed by atoms with E-state index in [-0.39, 0.29) is 5.02 Å². The van der Waals surface area contributed by atoms with Crippen molar-refractivity contribution < 1.29 is 4.39 Å². The molecule has 7 heteroatoms. The van der Waals surface area contributed by atoms with Crippen LogP contribution in [0, 0.1) is 10.6 Å². The first-order valence-electron chi connectivity index (χ1n) is 5.52. The Morgan fingerprint density at radius 1 is 1.15 bits per heavy atom. The summed E-state index contributed by atoms with van der Waals surface area (Å²) in [5.74, 6) is -0.489. The molecule has 0 aliphatic heterocycles. The van der Waals surface area contributed by atoms with Crippen LogP contribution in [0.4, 0.5) is 4.39 Å². The number of aromatic nitrogens is 2. The first-order chi connectivity index (χ1) is 9.47. The zero-order valence-electron chi connectivity index (χ0n) is 9.75. The molecule has 0 aliphatic carbocycles. The van der Waals surface area contributed by atoms with Crippen molar-refractivity contribution in [3.63, 3.8) is 0 Å². The molecule has 2 nitrogen and oxygen atoms in total. The molecule has 0 atom stereocenters. The molecule has 1 N–H and O–H groups in total. The van der Waals surface area contributed by atoms with Gasteiger partial charge in [-0.25, -0.2) is 4.39 Å². The van der Waals surface area contributed by atoms with Crippen LogP contribution in [0.15, 0.2) is 34.8 Å². The van der Waals surface area contributed by atoms with E-state index in [0.29, 0.717) is 20.8 Å². The fourth-order valence-electron chi connectivity index (χ4n) is 1.98. The van der Waals surface area contributed by atoms with Crippen LogP contribution in [0.5, 0.6) is 0 Å². The molecule has 20 heavy (non-hydrogen) atoms. The molecule has 0 spiro atoms. The van der Waals surface area contributed by atoms with E-state index >= 15 is 0 Å². The number of rotatable bonds is 1. The molecule has 0 amide bonds. The van der Waals surface area contributed by atoms with Gasteiger partial charge in [0.05, 0.1) is 21.1 Å². The Hall–Kier alpha value is -0.880. The standard InChI is InChI=1S/C13H6BrCl2FN2S/c14-7-2-1-6(3-8(7)15)19-12-4-9(16)10(17)5-11(12)18-13(19)20/h1-5H,(H,18,20). The molecular weight excluding hydrogens is 386 g/mol.